The van der Waals surface area contributed by atoms with E-state index in [4.69, 9.17) is 42.1 Å². The zero-order chi connectivity index (χ0) is 22.5. The van der Waals surface area contributed by atoms with Crippen LogP contribution in [0.3, 0.4) is 0 Å². The number of hydrogen-bond donors (Lipinski definition) is 0. The minimum absolute atomic E-state index is 0.0666. The molecule has 9 heteroatoms. The van der Waals surface area contributed by atoms with Gasteiger partial charge in [0.15, 0.2) is 12.5 Å². The van der Waals surface area contributed by atoms with Gasteiger partial charge in [-0.2, -0.15) is 5.10 Å². The molecule has 3 aromatic rings. The number of halogens is 2. The quantitative estimate of drug-likeness (QED) is 0.452. The Morgan fingerprint density at radius 2 is 1.61 bits per heavy atom. The summed E-state index contributed by atoms with van der Waals surface area (Å²) in [7, 11) is 4.64. The molecule has 0 fully saturated rings. The Bertz CT molecular complexity index is 1130. The van der Waals surface area contributed by atoms with Crippen LogP contribution in [0.1, 0.15) is 11.3 Å². The number of hydrogen-bond acceptors (Lipinski definition) is 6. The van der Waals surface area contributed by atoms with Gasteiger partial charge in [-0.05, 0) is 36.8 Å². The lowest BCUT2D eigenvalue weighted by Crippen LogP contribution is -2.24. The first-order chi connectivity index (χ1) is 14.9. The summed E-state index contributed by atoms with van der Waals surface area (Å²) in [5.41, 5.74) is 1.50. The third-order valence-corrected chi connectivity index (χ3v) is 5.15. The first-order valence-corrected chi connectivity index (χ1v) is 10.1. The van der Waals surface area contributed by atoms with Gasteiger partial charge in [0, 0.05) is 14.2 Å². The lowest BCUT2D eigenvalue weighted by Gasteiger charge is -2.18. The van der Waals surface area contributed by atoms with Gasteiger partial charge in [-0.3, -0.25) is 4.79 Å². The van der Waals surface area contributed by atoms with Gasteiger partial charge < -0.3 is 18.9 Å². The number of aromatic nitrogens is 2. The molecule has 1 heterocycles. The van der Waals surface area contributed by atoms with Crippen LogP contribution in [0.4, 0.5) is 0 Å². The largest absolute Gasteiger partial charge is 0.497 e. The predicted octanol–water partition coefficient (Wildman–Crippen LogP) is 4.63. The van der Waals surface area contributed by atoms with E-state index < -0.39 is 5.56 Å². The Morgan fingerprint density at radius 1 is 0.935 bits per heavy atom. The molecule has 0 spiro atoms. The predicted molar refractivity (Wildman–Crippen MR) is 120 cm³/mol. The molecule has 31 heavy (non-hydrogen) atoms. The van der Waals surface area contributed by atoms with Crippen molar-refractivity contribution in [2.24, 2.45) is 7.05 Å². The summed E-state index contributed by atoms with van der Waals surface area (Å²) < 4.78 is 23.1. The van der Waals surface area contributed by atoms with E-state index in [1.54, 1.807) is 33.2 Å². The molecule has 2 aromatic carbocycles. The van der Waals surface area contributed by atoms with Crippen LogP contribution < -0.4 is 19.8 Å². The van der Waals surface area contributed by atoms with Crippen LogP contribution in [0, 0.1) is 6.92 Å². The van der Waals surface area contributed by atoms with Crippen LogP contribution in [-0.2, 0) is 18.4 Å². The van der Waals surface area contributed by atoms with Gasteiger partial charge in [-0.1, -0.05) is 35.3 Å². The summed E-state index contributed by atoms with van der Waals surface area (Å²) in [5.74, 6) is 1.26. The summed E-state index contributed by atoms with van der Waals surface area (Å²) in [4.78, 5) is 13.1. The molecule has 0 aliphatic rings. The number of rotatable bonds is 8. The summed E-state index contributed by atoms with van der Waals surface area (Å²) in [6.45, 7) is 1.86. The highest BCUT2D eigenvalue weighted by Crippen LogP contribution is 2.44. The van der Waals surface area contributed by atoms with Crippen LogP contribution in [0.2, 0.25) is 10.0 Å². The molecule has 0 radical (unpaired) electrons. The lowest BCUT2D eigenvalue weighted by atomic mass is 10.0. The average Bonchev–Trinajstić information content (AvgIpc) is 2.76. The fourth-order valence-electron chi connectivity index (χ4n) is 3.06. The third kappa shape index (κ3) is 4.95. The van der Waals surface area contributed by atoms with E-state index in [-0.39, 0.29) is 30.5 Å². The Morgan fingerprint density at radius 3 is 2.26 bits per heavy atom. The van der Waals surface area contributed by atoms with E-state index in [0.29, 0.717) is 21.3 Å². The fraction of sp³-hybridized carbons (Fsp3) is 0.273. The smallest absolute Gasteiger partial charge is 0.278 e. The standard InChI is InChI=1S/C22H22Cl2N2O5/c1-13-20(31-12-28-3)19(22(27)26(2)25-13)18-16(23)9-10-17(24)21(18)30-11-14-5-7-15(29-4)8-6-14/h5-10H,11-12H2,1-4H3. The molecular weight excluding hydrogens is 443 g/mol. The van der Waals surface area contributed by atoms with Crippen molar-refractivity contribution in [1.29, 1.82) is 0 Å². The molecule has 0 amide bonds. The third-order valence-electron chi connectivity index (χ3n) is 4.54. The van der Waals surface area contributed by atoms with Crippen molar-refractivity contribution < 1.29 is 18.9 Å². The lowest BCUT2D eigenvalue weighted by molar-refractivity contribution is 0.0504. The number of aryl methyl sites for hydroxylation is 2. The molecule has 1 aromatic heterocycles. The van der Waals surface area contributed by atoms with E-state index in [1.165, 1.54) is 11.8 Å². The second-order valence-corrected chi connectivity index (χ2v) is 7.45. The van der Waals surface area contributed by atoms with Gasteiger partial charge in [0.2, 0.25) is 0 Å². The van der Waals surface area contributed by atoms with E-state index in [2.05, 4.69) is 5.10 Å². The normalized spacial score (nSPS) is 10.8. The zero-order valence-corrected chi connectivity index (χ0v) is 19.1. The number of benzene rings is 2. The maximum absolute atomic E-state index is 13.1. The number of ether oxygens (including phenoxy) is 4. The van der Waals surface area contributed by atoms with Crippen LogP contribution in [0.25, 0.3) is 11.1 Å². The second kappa shape index (κ2) is 10.0. The Hall–Kier alpha value is -2.74. The average molecular weight is 465 g/mol. The summed E-state index contributed by atoms with van der Waals surface area (Å²) in [5, 5.41) is 4.80. The van der Waals surface area contributed by atoms with Crippen molar-refractivity contribution >= 4 is 23.2 Å². The Kier molecular flexibility index (Phi) is 7.43. The molecule has 0 aliphatic carbocycles. The van der Waals surface area contributed by atoms with Gasteiger partial charge in [0.05, 0.1) is 28.3 Å². The first kappa shape index (κ1) is 22.9. The van der Waals surface area contributed by atoms with E-state index in [0.717, 1.165) is 11.3 Å². The summed E-state index contributed by atoms with van der Waals surface area (Å²) in [6.07, 6.45) is 0. The van der Waals surface area contributed by atoms with E-state index in [9.17, 15) is 4.79 Å². The Labute approximate surface area is 190 Å². The topological polar surface area (TPSA) is 71.8 Å². The monoisotopic (exact) mass is 464 g/mol. The SMILES string of the molecule is COCOc1c(C)nn(C)c(=O)c1-c1c(Cl)ccc(Cl)c1OCc1ccc(OC)cc1. The molecule has 0 saturated carbocycles. The number of methoxy groups -OCH3 is 2. The first-order valence-electron chi connectivity index (χ1n) is 9.31. The highest BCUT2D eigenvalue weighted by molar-refractivity contribution is 6.37. The van der Waals surface area contributed by atoms with Crippen molar-refractivity contribution in [2.45, 2.75) is 13.5 Å². The van der Waals surface area contributed by atoms with Gasteiger partial charge in [0.25, 0.3) is 5.56 Å². The molecule has 0 unspecified atom stereocenters. The van der Waals surface area contributed by atoms with Gasteiger partial charge in [-0.15, -0.1) is 0 Å². The summed E-state index contributed by atoms with van der Waals surface area (Å²) in [6, 6.07) is 10.6. The minimum Gasteiger partial charge on any atom is -0.497 e. The molecule has 0 bridgehead atoms. The zero-order valence-electron chi connectivity index (χ0n) is 17.6. The van der Waals surface area contributed by atoms with Crippen molar-refractivity contribution in [3.63, 3.8) is 0 Å². The van der Waals surface area contributed by atoms with Gasteiger partial charge >= 0.3 is 0 Å². The van der Waals surface area contributed by atoms with Crippen LogP contribution >= 0.6 is 23.2 Å². The Balaban J connectivity index is 2.12. The molecule has 0 aliphatic heterocycles. The van der Waals surface area contributed by atoms with Crippen LogP contribution in [0.15, 0.2) is 41.2 Å². The fourth-order valence-corrected chi connectivity index (χ4v) is 3.51. The molecule has 164 valence electrons. The maximum Gasteiger partial charge on any atom is 0.278 e. The molecule has 3 rings (SSSR count). The van der Waals surface area contributed by atoms with Gasteiger partial charge in [0.1, 0.15) is 23.8 Å². The van der Waals surface area contributed by atoms with Crippen molar-refractivity contribution in [1.82, 2.24) is 9.78 Å². The molecular formula is C22H22Cl2N2O5. The van der Waals surface area contributed by atoms with Crippen molar-refractivity contribution in [2.75, 3.05) is 21.0 Å². The number of nitrogens with zero attached hydrogens (tertiary/aromatic N) is 2. The van der Waals surface area contributed by atoms with Crippen LogP contribution in [0.5, 0.6) is 17.2 Å². The molecule has 7 nitrogen and oxygen atoms in total. The van der Waals surface area contributed by atoms with E-state index in [1.807, 2.05) is 24.3 Å². The van der Waals surface area contributed by atoms with Crippen molar-refractivity contribution in [3.8, 4) is 28.4 Å². The highest BCUT2D eigenvalue weighted by atomic mass is 35.5. The van der Waals surface area contributed by atoms with E-state index >= 15 is 0 Å². The molecule has 0 saturated heterocycles. The minimum atomic E-state index is -0.407. The maximum atomic E-state index is 13.1. The van der Waals surface area contributed by atoms with Crippen LogP contribution in [-0.4, -0.2) is 30.8 Å². The van der Waals surface area contributed by atoms with Gasteiger partial charge in [-0.25, -0.2) is 4.68 Å². The molecule has 0 N–H and O–H groups in total. The highest BCUT2D eigenvalue weighted by Gasteiger charge is 2.25. The second-order valence-electron chi connectivity index (χ2n) is 6.64. The summed E-state index contributed by atoms with van der Waals surface area (Å²) >= 11 is 13.0. The molecule has 0 atom stereocenters. The van der Waals surface area contributed by atoms with Crippen molar-refractivity contribution in [3.05, 3.63) is 68.1 Å².